The van der Waals surface area contributed by atoms with Crippen LogP contribution in [0.4, 0.5) is 5.82 Å². The van der Waals surface area contributed by atoms with Crippen molar-refractivity contribution in [1.82, 2.24) is 14.9 Å². The summed E-state index contributed by atoms with van der Waals surface area (Å²) in [6.07, 6.45) is 15.5. The third-order valence-electron chi connectivity index (χ3n) is 6.02. The third kappa shape index (κ3) is 4.12. The molecule has 4 rings (SSSR count). The number of carbonyl (C=O) groups is 2. The van der Waals surface area contributed by atoms with Crippen LogP contribution in [0.15, 0.2) is 41.5 Å². The molecule has 1 saturated carbocycles. The summed E-state index contributed by atoms with van der Waals surface area (Å²) in [7, 11) is 0. The van der Waals surface area contributed by atoms with E-state index in [0.29, 0.717) is 29.7 Å². The van der Waals surface area contributed by atoms with E-state index in [0.717, 1.165) is 24.8 Å². The largest absolute Gasteiger partial charge is 0.364 e. The lowest BCUT2D eigenvalue weighted by molar-refractivity contribution is -0.123. The second kappa shape index (κ2) is 8.43. The van der Waals surface area contributed by atoms with Gasteiger partial charge in [-0.3, -0.25) is 14.6 Å². The zero-order valence-electron chi connectivity index (χ0n) is 15.8. The first kappa shape index (κ1) is 19.1. The zero-order chi connectivity index (χ0) is 19.5. The van der Waals surface area contributed by atoms with Crippen LogP contribution >= 0.6 is 11.6 Å². The van der Waals surface area contributed by atoms with E-state index >= 15 is 0 Å². The maximum Gasteiger partial charge on any atom is 0.248 e. The molecule has 6 nitrogen and oxygen atoms in total. The van der Waals surface area contributed by atoms with Gasteiger partial charge in [0.1, 0.15) is 11.8 Å². The maximum atomic E-state index is 13.2. The van der Waals surface area contributed by atoms with Gasteiger partial charge in [0.25, 0.3) is 0 Å². The van der Waals surface area contributed by atoms with E-state index in [1.165, 1.54) is 19.3 Å². The Balaban J connectivity index is 1.55. The Kier molecular flexibility index (Phi) is 5.76. The Morgan fingerprint density at radius 1 is 1.29 bits per heavy atom. The molecular weight excluding hydrogens is 376 g/mol. The van der Waals surface area contributed by atoms with Crippen LogP contribution in [-0.4, -0.2) is 39.1 Å². The van der Waals surface area contributed by atoms with Gasteiger partial charge in [0.2, 0.25) is 5.91 Å². The fourth-order valence-electron chi connectivity index (χ4n) is 4.51. The number of Topliss-reactive ketones (excluding diaryl/α,β-unsaturated/α-hetero) is 1. The van der Waals surface area contributed by atoms with E-state index in [1.807, 2.05) is 11.1 Å². The molecule has 1 fully saturated rings. The fourth-order valence-corrected chi connectivity index (χ4v) is 4.76. The Hall–Kier alpha value is -2.21. The van der Waals surface area contributed by atoms with E-state index < -0.39 is 0 Å². The lowest BCUT2D eigenvalue weighted by Crippen LogP contribution is -2.43. The Labute approximate surface area is 170 Å². The summed E-state index contributed by atoms with van der Waals surface area (Å²) >= 11 is 6.35. The molecule has 0 aromatic carbocycles. The third-order valence-corrected chi connectivity index (χ3v) is 6.39. The molecule has 7 heteroatoms. The van der Waals surface area contributed by atoms with Crippen molar-refractivity contribution in [3.05, 3.63) is 41.5 Å². The summed E-state index contributed by atoms with van der Waals surface area (Å²) < 4.78 is 0. The molecule has 28 heavy (non-hydrogen) atoms. The van der Waals surface area contributed by atoms with Crippen LogP contribution in [-0.2, 0) is 9.59 Å². The number of carbonyl (C=O) groups excluding carboxylic acids is 2. The van der Waals surface area contributed by atoms with Crippen molar-refractivity contribution in [3.8, 4) is 0 Å². The molecule has 0 spiro atoms. The van der Waals surface area contributed by atoms with Crippen LogP contribution < -0.4 is 5.32 Å². The van der Waals surface area contributed by atoms with Gasteiger partial charge in [0.05, 0.1) is 12.1 Å². The molecule has 1 aromatic rings. The molecule has 1 N–H and O–H groups in total. The van der Waals surface area contributed by atoms with Crippen molar-refractivity contribution < 1.29 is 9.59 Å². The number of hydrogen-bond acceptors (Lipinski definition) is 5. The minimum atomic E-state index is -0.347. The predicted octanol–water partition coefficient (Wildman–Crippen LogP) is 3.67. The molecule has 1 unspecified atom stereocenters. The van der Waals surface area contributed by atoms with Crippen molar-refractivity contribution in [1.29, 1.82) is 0 Å². The van der Waals surface area contributed by atoms with Crippen LogP contribution in [0.2, 0.25) is 0 Å². The average Bonchev–Trinajstić information content (AvgIpc) is 3.17. The molecule has 1 amide bonds. The number of allylic oxidation sites excluding steroid dienone is 2. The monoisotopic (exact) mass is 400 g/mol. The maximum absolute atomic E-state index is 13.2. The number of nitrogens with zero attached hydrogens (tertiary/aromatic N) is 3. The van der Waals surface area contributed by atoms with Crippen molar-refractivity contribution in [2.45, 2.75) is 51.0 Å². The second-order valence-electron chi connectivity index (χ2n) is 7.89. The number of nitrogens with one attached hydrogen (secondary N) is 1. The lowest BCUT2D eigenvalue weighted by Gasteiger charge is -2.32. The van der Waals surface area contributed by atoms with Crippen LogP contribution in [0.5, 0.6) is 0 Å². The van der Waals surface area contributed by atoms with Crippen molar-refractivity contribution >= 4 is 29.1 Å². The van der Waals surface area contributed by atoms with Crippen LogP contribution in [0.3, 0.4) is 0 Å². The highest BCUT2D eigenvalue weighted by Gasteiger charge is 2.39. The highest BCUT2D eigenvalue weighted by atomic mass is 35.5. The first-order valence-corrected chi connectivity index (χ1v) is 10.4. The van der Waals surface area contributed by atoms with Gasteiger partial charge in [-0.15, -0.1) is 0 Å². The zero-order valence-corrected chi connectivity index (χ0v) is 16.6. The first-order valence-electron chi connectivity index (χ1n) is 10.0. The Morgan fingerprint density at radius 3 is 2.82 bits per heavy atom. The van der Waals surface area contributed by atoms with Crippen molar-refractivity contribution in [3.63, 3.8) is 0 Å². The topological polar surface area (TPSA) is 75.2 Å². The quantitative estimate of drug-likeness (QED) is 0.816. The summed E-state index contributed by atoms with van der Waals surface area (Å²) in [5.41, 5.74) is 0.846. The number of anilines is 1. The van der Waals surface area contributed by atoms with Gasteiger partial charge < -0.3 is 10.2 Å². The summed E-state index contributed by atoms with van der Waals surface area (Å²) in [4.78, 5) is 35.7. The highest BCUT2D eigenvalue weighted by Crippen LogP contribution is 2.38. The first-order chi connectivity index (χ1) is 13.6. The van der Waals surface area contributed by atoms with E-state index in [1.54, 1.807) is 24.7 Å². The van der Waals surface area contributed by atoms with E-state index in [-0.39, 0.29) is 23.7 Å². The lowest BCUT2D eigenvalue weighted by atomic mass is 9.84. The minimum Gasteiger partial charge on any atom is -0.364 e. The molecule has 1 aliphatic heterocycles. The Bertz CT molecular complexity index is 802. The second-order valence-corrected chi connectivity index (χ2v) is 8.30. The van der Waals surface area contributed by atoms with E-state index in [9.17, 15) is 9.59 Å². The number of fused-ring (bicyclic) bond motifs is 1. The number of halogens is 1. The smallest absolute Gasteiger partial charge is 0.248 e. The van der Waals surface area contributed by atoms with Crippen molar-refractivity contribution in [2.75, 3.05) is 11.9 Å². The van der Waals surface area contributed by atoms with Gasteiger partial charge in [0, 0.05) is 36.6 Å². The van der Waals surface area contributed by atoms with Gasteiger partial charge >= 0.3 is 0 Å². The number of ketones is 1. The average molecular weight is 401 g/mol. The molecule has 0 saturated heterocycles. The Morgan fingerprint density at radius 2 is 2.11 bits per heavy atom. The molecule has 0 bridgehead atoms. The number of amides is 1. The van der Waals surface area contributed by atoms with E-state index in [4.69, 9.17) is 11.6 Å². The number of hydrogen-bond donors (Lipinski definition) is 1. The van der Waals surface area contributed by atoms with Crippen LogP contribution in [0, 0.1) is 11.8 Å². The highest BCUT2D eigenvalue weighted by molar-refractivity contribution is 6.33. The SMILES string of the molecule is O=C1CC=C(Cl)C2=CN([C@@H](CC3CCCCC3)C(=O)Nc3cnccn3)CC12. The standard InChI is InChI=1S/C21H25ClN4O2/c22-17-6-7-19(27)16-13-26(12-15(16)17)18(10-14-4-2-1-3-5-14)21(28)25-20-11-23-8-9-24-20/h6,8-9,11-12,14,16,18H,1-5,7,10,13H2,(H,24,25,28)/t16?,18-/m0/s1. The van der Waals surface area contributed by atoms with Crippen LogP contribution in [0.25, 0.3) is 0 Å². The fraction of sp³-hybridized carbons (Fsp3) is 0.524. The molecule has 2 heterocycles. The van der Waals surface area contributed by atoms with Gasteiger partial charge in [-0.1, -0.05) is 49.8 Å². The van der Waals surface area contributed by atoms with Crippen LogP contribution in [0.1, 0.15) is 44.9 Å². The molecular formula is C21H25ClN4O2. The normalized spacial score (nSPS) is 23.7. The summed E-state index contributed by atoms with van der Waals surface area (Å²) in [6, 6.07) is -0.347. The van der Waals surface area contributed by atoms with E-state index in [2.05, 4.69) is 15.3 Å². The minimum absolute atomic E-state index is 0.103. The molecule has 2 aliphatic carbocycles. The van der Waals surface area contributed by atoms with Crippen molar-refractivity contribution in [2.24, 2.45) is 11.8 Å². The summed E-state index contributed by atoms with van der Waals surface area (Å²) in [5.74, 6) is 0.808. The molecule has 2 atom stereocenters. The van der Waals surface area contributed by atoms with Gasteiger partial charge in [-0.2, -0.15) is 0 Å². The van der Waals surface area contributed by atoms with Gasteiger partial charge in [-0.05, 0) is 17.9 Å². The van der Waals surface area contributed by atoms with Gasteiger partial charge in [-0.25, -0.2) is 4.98 Å². The molecule has 1 aromatic heterocycles. The molecule has 148 valence electrons. The number of rotatable bonds is 5. The number of aromatic nitrogens is 2. The summed E-state index contributed by atoms with van der Waals surface area (Å²) in [5, 5.41) is 3.53. The predicted molar refractivity (Wildman–Crippen MR) is 107 cm³/mol. The molecule has 3 aliphatic rings. The van der Waals surface area contributed by atoms with Gasteiger partial charge in [0.15, 0.2) is 5.82 Å². The summed E-state index contributed by atoms with van der Waals surface area (Å²) in [6.45, 7) is 0.517. The molecule has 0 radical (unpaired) electrons.